The highest BCUT2D eigenvalue weighted by Crippen LogP contribution is 2.25. The molecule has 20 heavy (non-hydrogen) atoms. The van der Waals surface area contributed by atoms with Crippen LogP contribution in [0, 0.1) is 5.82 Å². The zero-order valence-corrected chi connectivity index (χ0v) is 12.2. The van der Waals surface area contributed by atoms with Gasteiger partial charge < -0.3 is 4.74 Å². The van der Waals surface area contributed by atoms with Gasteiger partial charge in [0.1, 0.15) is 0 Å². The van der Waals surface area contributed by atoms with E-state index in [1.54, 1.807) is 6.07 Å². The first-order valence-corrected chi connectivity index (χ1v) is 7.17. The minimum Gasteiger partial charge on any atom is -0.494 e. The average molecular weight is 272 g/mol. The summed E-state index contributed by atoms with van der Waals surface area (Å²) < 4.78 is 18.6. The zero-order valence-electron chi connectivity index (χ0n) is 12.2. The molecule has 2 rings (SSSR count). The molecule has 0 saturated heterocycles. The van der Waals surface area contributed by atoms with Gasteiger partial charge in [-0.3, -0.25) is 0 Å². The van der Waals surface area contributed by atoms with Crippen LogP contribution >= 0.6 is 0 Å². The molecule has 0 aromatic heterocycles. The van der Waals surface area contributed by atoms with Crippen molar-refractivity contribution in [1.82, 2.24) is 0 Å². The molecule has 0 aliphatic rings. The summed E-state index contributed by atoms with van der Waals surface area (Å²) in [4.78, 5) is 0. The fourth-order valence-corrected chi connectivity index (χ4v) is 2.29. The van der Waals surface area contributed by atoms with Gasteiger partial charge in [-0.2, -0.15) is 0 Å². The second kappa shape index (κ2) is 7.09. The number of hydrogen-bond donors (Lipinski definition) is 0. The average Bonchev–Trinajstić information content (AvgIpc) is 2.48. The van der Waals surface area contributed by atoms with E-state index in [9.17, 15) is 4.39 Å². The van der Waals surface area contributed by atoms with E-state index in [2.05, 4.69) is 31.2 Å². The van der Waals surface area contributed by atoms with Crippen molar-refractivity contribution in [1.29, 1.82) is 0 Å². The Kier molecular flexibility index (Phi) is 5.16. The summed E-state index contributed by atoms with van der Waals surface area (Å²) >= 11 is 0. The van der Waals surface area contributed by atoms with Crippen molar-refractivity contribution in [2.75, 3.05) is 7.11 Å². The van der Waals surface area contributed by atoms with Gasteiger partial charge in [-0.05, 0) is 41.7 Å². The predicted octanol–water partition coefficient (Wildman–Crippen LogP) is 5.23. The Bertz CT molecular complexity index is 546. The molecule has 0 fully saturated rings. The maximum Gasteiger partial charge on any atom is 0.165 e. The van der Waals surface area contributed by atoms with Gasteiger partial charge >= 0.3 is 0 Å². The largest absolute Gasteiger partial charge is 0.494 e. The van der Waals surface area contributed by atoms with Gasteiger partial charge in [0.15, 0.2) is 11.6 Å². The van der Waals surface area contributed by atoms with Gasteiger partial charge in [-0.1, -0.05) is 50.1 Å². The van der Waals surface area contributed by atoms with Crippen LogP contribution < -0.4 is 4.74 Å². The molecule has 1 nitrogen and oxygen atoms in total. The van der Waals surface area contributed by atoms with Crippen LogP contribution in [0.1, 0.15) is 31.7 Å². The third kappa shape index (κ3) is 3.60. The second-order valence-electron chi connectivity index (χ2n) is 5.00. The molecule has 0 aliphatic carbocycles. The molecule has 2 heteroatoms. The molecule has 0 saturated carbocycles. The summed E-state index contributed by atoms with van der Waals surface area (Å²) in [6, 6.07) is 13.4. The molecule has 0 spiro atoms. The first-order chi connectivity index (χ1) is 9.74. The van der Waals surface area contributed by atoms with E-state index in [1.165, 1.54) is 38.0 Å². The molecule has 0 amide bonds. The highest BCUT2D eigenvalue weighted by Gasteiger charge is 2.05. The fourth-order valence-electron chi connectivity index (χ4n) is 2.29. The highest BCUT2D eigenvalue weighted by atomic mass is 19.1. The van der Waals surface area contributed by atoms with Crippen molar-refractivity contribution in [2.45, 2.75) is 32.6 Å². The van der Waals surface area contributed by atoms with E-state index >= 15 is 0 Å². The Hall–Kier alpha value is -1.83. The molecular weight excluding hydrogens is 251 g/mol. The van der Waals surface area contributed by atoms with E-state index in [0.717, 1.165) is 17.5 Å². The van der Waals surface area contributed by atoms with Crippen LogP contribution in [0.15, 0.2) is 42.5 Å². The Morgan fingerprint density at radius 2 is 1.65 bits per heavy atom. The van der Waals surface area contributed by atoms with E-state index < -0.39 is 0 Å². The number of halogens is 1. The van der Waals surface area contributed by atoms with Gasteiger partial charge in [0, 0.05) is 0 Å². The lowest BCUT2D eigenvalue weighted by Crippen LogP contribution is -1.89. The lowest BCUT2D eigenvalue weighted by molar-refractivity contribution is 0.386. The summed E-state index contributed by atoms with van der Waals surface area (Å²) in [6.45, 7) is 2.21. The van der Waals surface area contributed by atoms with Crippen molar-refractivity contribution in [3.8, 4) is 16.9 Å². The zero-order chi connectivity index (χ0) is 14.4. The van der Waals surface area contributed by atoms with E-state index in [-0.39, 0.29) is 11.6 Å². The molecule has 106 valence electrons. The monoisotopic (exact) mass is 272 g/mol. The molecule has 2 aromatic carbocycles. The van der Waals surface area contributed by atoms with Crippen LogP contribution in [0.3, 0.4) is 0 Å². The summed E-state index contributed by atoms with van der Waals surface area (Å²) in [5.74, 6) is -0.0399. The normalized spacial score (nSPS) is 10.6. The van der Waals surface area contributed by atoms with Gasteiger partial charge in [0.05, 0.1) is 7.11 Å². The standard InChI is InChI=1S/C18H21FO/c1-3-4-5-6-14-7-9-15(10-8-14)16-11-12-18(20-2)17(19)13-16/h7-13H,3-6H2,1-2H3. The minimum absolute atomic E-state index is 0.282. The Morgan fingerprint density at radius 3 is 2.25 bits per heavy atom. The number of aryl methyl sites for hydroxylation is 1. The molecular formula is C18H21FO. The number of ether oxygens (including phenoxy) is 1. The summed E-state index contributed by atoms with van der Waals surface area (Å²) in [6.07, 6.45) is 4.85. The quantitative estimate of drug-likeness (QED) is 0.654. The first-order valence-electron chi connectivity index (χ1n) is 7.17. The van der Waals surface area contributed by atoms with Crippen LogP contribution in [0.5, 0.6) is 5.75 Å². The first kappa shape index (κ1) is 14.6. The molecule has 0 unspecified atom stereocenters. The van der Waals surface area contributed by atoms with Crippen LogP contribution in [-0.4, -0.2) is 7.11 Å². The van der Waals surface area contributed by atoms with Crippen LogP contribution in [0.2, 0.25) is 0 Å². The van der Waals surface area contributed by atoms with Crippen LogP contribution in [0.25, 0.3) is 11.1 Å². The Balaban J connectivity index is 2.11. The molecule has 0 radical (unpaired) electrons. The van der Waals surface area contributed by atoms with Crippen LogP contribution in [-0.2, 0) is 6.42 Å². The summed E-state index contributed by atoms with van der Waals surface area (Å²) in [7, 11) is 1.48. The smallest absolute Gasteiger partial charge is 0.165 e. The third-order valence-electron chi connectivity index (χ3n) is 3.51. The van der Waals surface area contributed by atoms with Gasteiger partial charge in [-0.15, -0.1) is 0 Å². The second-order valence-corrected chi connectivity index (χ2v) is 5.00. The van der Waals surface area contributed by atoms with Gasteiger partial charge in [0.25, 0.3) is 0 Å². The molecule has 0 bridgehead atoms. The van der Waals surface area contributed by atoms with Crippen LogP contribution in [0.4, 0.5) is 4.39 Å². The van der Waals surface area contributed by atoms with Crippen molar-refractivity contribution < 1.29 is 9.13 Å². The van der Waals surface area contributed by atoms with Crippen molar-refractivity contribution in [3.05, 3.63) is 53.8 Å². The maximum atomic E-state index is 13.7. The number of rotatable bonds is 6. The molecule has 0 heterocycles. The lowest BCUT2D eigenvalue weighted by Gasteiger charge is -2.07. The SMILES string of the molecule is CCCCCc1ccc(-c2ccc(OC)c(F)c2)cc1. The van der Waals surface area contributed by atoms with Crippen molar-refractivity contribution >= 4 is 0 Å². The van der Waals surface area contributed by atoms with Crippen molar-refractivity contribution in [2.24, 2.45) is 0 Å². The Morgan fingerprint density at radius 1 is 0.950 bits per heavy atom. The topological polar surface area (TPSA) is 9.23 Å². The number of methoxy groups -OCH3 is 1. The minimum atomic E-state index is -0.322. The fraction of sp³-hybridized carbons (Fsp3) is 0.333. The molecule has 2 aromatic rings. The summed E-state index contributed by atoms with van der Waals surface area (Å²) in [5, 5.41) is 0. The summed E-state index contributed by atoms with van der Waals surface area (Å²) in [5.41, 5.74) is 3.25. The maximum absolute atomic E-state index is 13.7. The lowest BCUT2D eigenvalue weighted by atomic mass is 10.0. The Labute approximate surface area is 120 Å². The van der Waals surface area contributed by atoms with Gasteiger partial charge in [0.2, 0.25) is 0 Å². The third-order valence-corrected chi connectivity index (χ3v) is 3.51. The van der Waals surface area contributed by atoms with E-state index in [1.807, 2.05) is 6.07 Å². The number of hydrogen-bond acceptors (Lipinski definition) is 1. The van der Waals surface area contributed by atoms with Crippen molar-refractivity contribution in [3.63, 3.8) is 0 Å². The molecule has 0 atom stereocenters. The number of unbranched alkanes of at least 4 members (excludes halogenated alkanes) is 2. The number of benzene rings is 2. The molecule has 0 aliphatic heterocycles. The van der Waals surface area contributed by atoms with Gasteiger partial charge in [-0.25, -0.2) is 4.39 Å². The highest BCUT2D eigenvalue weighted by molar-refractivity contribution is 5.64. The molecule has 0 N–H and O–H groups in total. The van der Waals surface area contributed by atoms with E-state index in [0.29, 0.717) is 0 Å². The predicted molar refractivity (Wildman–Crippen MR) is 81.6 cm³/mol. The van der Waals surface area contributed by atoms with E-state index in [4.69, 9.17) is 4.74 Å².